The van der Waals surface area contributed by atoms with Crippen molar-refractivity contribution in [1.29, 1.82) is 0 Å². The van der Waals surface area contributed by atoms with Crippen LogP contribution < -0.4 is 10.6 Å². The lowest BCUT2D eigenvalue weighted by molar-refractivity contribution is 0.139. The minimum Gasteiger partial charge on any atom is -0.469 e. The Morgan fingerprint density at radius 2 is 2.26 bits per heavy atom. The molecule has 2 heterocycles. The van der Waals surface area contributed by atoms with Gasteiger partial charge in [-0.25, -0.2) is 4.79 Å². The summed E-state index contributed by atoms with van der Waals surface area (Å²) in [5, 5.41) is 6.19. The summed E-state index contributed by atoms with van der Waals surface area (Å²) in [6.45, 7) is 7.53. The maximum atomic E-state index is 12.2. The van der Waals surface area contributed by atoms with Crippen LogP contribution in [0.3, 0.4) is 0 Å². The Labute approximate surface area is 138 Å². The standard InChI is InChI=1S/C18H29N3O2/c1-13(2)21-9-4-5-14(12-21)11-19-18(22)20-16-6-3-7-17-15(16)8-10-23-17/h8,10,13-14,16H,3-7,9,11-12H2,1-2H3,(H2,19,20,22)/t14-,16+/m0/s1. The highest BCUT2D eigenvalue weighted by Gasteiger charge is 2.25. The molecular formula is C18H29N3O2. The first-order valence-electron chi connectivity index (χ1n) is 8.98. The molecule has 1 aromatic heterocycles. The maximum absolute atomic E-state index is 12.2. The molecule has 1 aliphatic heterocycles. The Morgan fingerprint density at radius 3 is 3.09 bits per heavy atom. The fourth-order valence-electron chi connectivity index (χ4n) is 3.82. The number of hydrogen-bond acceptors (Lipinski definition) is 3. The smallest absolute Gasteiger partial charge is 0.315 e. The van der Waals surface area contributed by atoms with E-state index in [4.69, 9.17) is 4.42 Å². The van der Waals surface area contributed by atoms with Crippen LogP contribution in [0, 0.1) is 5.92 Å². The van der Waals surface area contributed by atoms with Crippen molar-refractivity contribution < 1.29 is 9.21 Å². The molecule has 2 atom stereocenters. The summed E-state index contributed by atoms with van der Waals surface area (Å²) < 4.78 is 5.48. The molecule has 5 heteroatoms. The second kappa shape index (κ2) is 7.39. The third kappa shape index (κ3) is 4.08. The molecule has 3 rings (SSSR count). The number of carbonyl (C=O) groups is 1. The van der Waals surface area contributed by atoms with E-state index in [-0.39, 0.29) is 12.1 Å². The lowest BCUT2D eigenvalue weighted by atomic mass is 9.93. The van der Waals surface area contributed by atoms with Gasteiger partial charge < -0.3 is 20.0 Å². The number of urea groups is 1. The molecule has 0 unspecified atom stereocenters. The number of nitrogens with one attached hydrogen (secondary N) is 2. The summed E-state index contributed by atoms with van der Waals surface area (Å²) >= 11 is 0. The van der Waals surface area contributed by atoms with Crippen LogP contribution in [-0.4, -0.2) is 36.6 Å². The Morgan fingerprint density at radius 1 is 1.39 bits per heavy atom. The van der Waals surface area contributed by atoms with Gasteiger partial charge in [-0.3, -0.25) is 0 Å². The number of aryl methyl sites for hydroxylation is 1. The molecule has 5 nitrogen and oxygen atoms in total. The monoisotopic (exact) mass is 319 g/mol. The molecule has 2 amide bonds. The predicted molar refractivity (Wildman–Crippen MR) is 90.4 cm³/mol. The van der Waals surface area contributed by atoms with Crippen molar-refractivity contribution in [3.63, 3.8) is 0 Å². The van der Waals surface area contributed by atoms with E-state index in [9.17, 15) is 4.79 Å². The average Bonchev–Trinajstić information content (AvgIpc) is 3.03. The van der Waals surface area contributed by atoms with Gasteiger partial charge in [0.15, 0.2) is 0 Å². The van der Waals surface area contributed by atoms with Crippen LogP contribution in [0.15, 0.2) is 16.7 Å². The van der Waals surface area contributed by atoms with E-state index in [0.29, 0.717) is 12.0 Å². The molecule has 128 valence electrons. The molecule has 0 aromatic carbocycles. The van der Waals surface area contributed by atoms with E-state index in [2.05, 4.69) is 29.4 Å². The van der Waals surface area contributed by atoms with Crippen molar-refractivity contribution in [1.82, 2.24) is 15.5 Å². The Bertz CT molecular complexity index is 526. The molecule has 0 saturated carbocycles. The van der Waals surface area contributed by atoms with Crippen LogP contribution in [-0.2, 0) is 6.42 Å². The first kappa shape index (κ1) is 16.4. The molecule has 2 aliphatic rings. The van der Waals surface area contributed by atoms with E-state index >= 15 is 0 Å². The fraction of sp³-hybridized carbons (Fsp3) is 0.722. The van der Waals surface area contributed by atoms with Gasteiger partial charge in [0.1, 0.15) is 5.76 Å². The summed E-state index contributed by atoms with van der Waals surface area (Å²) in [7, 11) is 0. The molecule has 1 fully saturated rings. The number of hydrogen-bond donors (Lipinski definition) is 2. The largest absolute Gasteiger partial charge is 0.469 e. The van der Waals surface area contributed by atoms with Crippen molar-refractivity contribution in [2.75, 3.05) is 19.6 Å². The number of rotatable bonds is 4. The van der Waals surface area contributed by atoms with E-state index in [0.717, 1.165) is 43.7 Å². The van der Waals surface area contributed by atoms with E-state index in [1.807, 2.05) is 6.07 Å². The van der Waals surface area contributed by atoms with Crippen LogP contribution in [0.4, 0.5) is 4.79 Å². The third-order valence-electron chi connectivity index (χ3n) is 5.19. The van der Waals surface area contributed by atoms with Crippen molar-refractivity contribution in [3.8, 4) is 0 Å². The summed E-state index contributed by atoms with van der Waals surface area (Å²) in [6.07, 6.45) is 7.20. The summed E-state index contributed by atoms with van der Waals surface area (Å²) in [5.41, 5.74) is 1.15. The zero-order chi connectivity index (χ0) is 16.2. The highest BCUT2D eigenvalue weighted by atomic mass is 16.3. The molecule has 0 spiro atoms. The SMILES string of the molecule is CC(C)N1CCC[C@@H](CNC(=O)N[C@@H]2CCCc3occc32)C1. The molecule has 23 heavy (non-hydrogen) atoms. The van der Waals surface area contributed by atoms with Gasteiger partial charge >= 0.3 is 6.03 Å². The number of amides is 2. The quantitative estimate of drug-likeness (QED) is 0.896. The van der Waals surface area contributed by atoms with Crippen molar-refractivity contribution in [2.45, 2.75) is 58.0 Å². The number of fused-ring (bicyclic) bond motifs is 1. The molecule has 2 N–H and O–H groups in total. The van der Waals surface area contributed by atoms with Crippen LogP contribution in [0.5, 0.6) is 0 Å². The molecular weight excluding hydrogens is 290 g/mol. The Hall–Kier alpha value is -1.49. The Balaban J connectivity index is 1.45. The zero-order valence-electron chi connectivity index (χ0n) is 14.3. The maximum Gasteiger partial charge on any atom is 0.315 e. The zero-order valence-corrected chi connectivity index (χ0v) is 14.3. The van der Waals surface area contributed by atoms with Gasteiger partial charge in [-0.15, -0.1) is 0 Å². The van der Waals surface area contributed by atoms with Gasteiger partial charge in [-0.1, -0.05) is 0 Å². The van der Waals surface area contributed by atoms with Crippen molar-refractivity contribution in [3.05, 3.63) is 23.7 Å². The molecule has 0 radical (unpaired) electrons. The number of piperidine rings is 1. The summed E-state index contributed by atoms with van der Waals surface area (Å²) in [6, 6.07) is 2.62. The lowest BCUT2D eigenvalue weighted by Gasteiger charge is -2.35. The number of likely N-dealkylation sites (tertiary alicyclic amines) is 1. The number of carbonyl (C=O) groups excluding carboxylic acids is 1. The van der Waals surface area contributed by atoms with Crippen molar-refractivity contribution in [2.24, 2.45) is 5.92 Å². The predicted octanol–water partition coefficient (Wildman–Crippen LogP) is 3.08. The van der Waals surface area contributed by atoms with Gasteiger partial charge in [0, 0.05) is 31.1 Å². The molecule has 1 saturated heterocycles. The van der Waals surface area contributed by atoms with Crippen LogP contribution >= 0.6 is 0 Å². The molecule has 1 aliphatic carbocycles. The average molecular weight is 319 g/mol. The first-order valence-corrected chi connectivity index (χ1v) is 8.98. The topological polar surface area (TPSA) is 57.5 Å². The van der Waals surface area contributed by atoms with Gasteiger partial charge in [-0.05, 0) is 58.1 Å². The highest BCUT2D eigenvalue weighted by Crippen LogP contribution is 2.30. The minimum absolute atomic E-state index is 0.0503. The number of furan rings is 1. The normalized spacial score (nSPS) is 25.2. The summed E-state index contributed by atoms with van der Waals surface area (Å²) in [4.78, 5) is 14.7. The van der Waals surface area contributed by atoms with Gasteiger partial charge in [0.25, 0.3) is 0 Å². The van der Waals surface area contributed by atoms with E-state index in [1.165, 1.54) is 19.4 Å². The van der Waals surface area contributed by atoms with Crippen LogP contribution in [0.2, 0.25) is 0 Å². The van der Waals surface area contributed by atoms with Gasteiger partial charge in [0.05, 0.1) is 12.3 Å². The van der Waals surface area contributed by atoms with E-state index < -0.39 is 0 Å². The minimum atomic E-state index is -0.0503. The van der Waals surface area contributed by atoms with E-state index in [1.54, 1.807) is 6.26 Å². The molecule has 1 aromatic rings. The number of nitrogens with zero attached hydrogens (tertiary/aromatic N) is 1. The third-order valence-corrected chi connectivity index (χ3v) is 5.19. The lowest BCUT2D eigenvalue weighted by Crippen LogP contribution is -2.46. The second-order valence-corrected chi connectivity index (χ2v) is 7.20. The fourth-order valence-corrected chi connectivity index (χ4v) is 3.82. The highest BCUT2D eigenvalue weighted by molar-refractivity contribution is 5.74. The van der Waals surface area contributed by atoms with Crippen LogP contribution in [0.1, 0.15) is 56.9 Å². The second-order valence-electron chi connectivity index (χ2n) is 7.20. The summed E-state index contributed by atoms with van der Waals surface area (Å²) in [5.74, 6) is 1.59. The molecule has 0 bridgehead atoms. The Kier molecular flexibility index (Phi) is 5.26. The van der Waals surface area contributed by atoms with Crippen LogP contribution in [0.25, 0.3) is 0 Å². The van der Waals surface area contributed by atoms with Crippen molar-refractivity contribution >= 4 is 6.03 Å². The van der Waals surface area contributed by atoms with Gasteiger partial charge in [0.2, 0.25) is 0 Å². The van der Waals surface area contributed by atoms with Gasteiger partial charge in [-0.2, -0.15) is 0 Å². The first-order chi connectivity index (χ1) is 11.1.